The molecule has 3 aromatic rings. The number of carbonyl (C=O) groups is 2. The number of amides is 2. The number of pyridine rings is 1. The van der Waals surface area contributed by atoms with E-state index in [1.165, 1.54) is 56.4 Å². The number of halogens is 4. The maximum atomic E-state index is 13.5. The highest BCUT2D eigenvalue weighted by molar-refractivity contribution is 6.31. The summed E-state index contributed by atoms with van der Waals surface area (Å²) in [6.07, 6.45) is 2.15. The van der Waals surface area contributed by atoms with Gasteiger partial charge in [0.15, 0.2) is 0 Å². The van der Waals surface area contributed by atoms with Crippen LogP contribution >= 0.6 is 11.6 Å². The number of hydrogen-bond acceptors (Lipinski definition) is 8. The lowest BCUT2D eigenvalue weighted by molar-refractivity contribution is -0.137. The van der Waals surface area contributed by atoms with Crippen molar-refractivity contribution >= 4 is 41.0 Å². The fourth-order valence-electron chi connectivity index (χ4n) is 3.74. The molecule has 204 valence electrons. The predicted molar refractivity (Wildman–Crippen MR) is 135 cm³/mol. The van der Waals surface area contributed by atoms with Crippen molar-refractivity contribution in [3.8, 4) is 5.75 Å². The number of ether oxygens (including phenoxy) is 2. The SMILES string of the molecule is COc1ccc(Nc2cnc(CNC(=O)[C@]3(C=NC(=O)c4cncnc4)CCOC3)c(Cl)c2)c(C(F)(F)F)c1. The average Bonchev–Trinajstić information content (AvgIpc) is 3.41. The molecule has 0 unspecified atom stereocenters. The van der Waals surface area contributed by atoms with Gasteiger partial charge in [-0.3, -0.25) is 14.6 Å². The molecule has 0 saturated carbocycles. The van der Waals surface area contributed by atoms with Crippen molar-refractivity contribution in [2.75, 3.05) is 25.6 Å². The number of carbonyl (C=O) groups excluding carboxylic acids is 2. The van der Waals surface area contributed by atoms with Gasteiger partial charge in [-0.05, 0) is 30.7 Å². The number of methoxy groups -OCH3 is 1. The van der Waals surface area contributed by atoms with Gasteiger partial charge in [0, 0.05) is 25.2 Å². The van der Waals surface area contributed by atoms with Crippen molar-refractivity contribution in [3.05, 3.63) is 71.0 Å². The monoisotopic (exact) mass is 562 g/mol. The van der Waals surface area contributed by atoms with Gasteiger partial charge in [0.2, 0.25) is 5.91 Å². The second-order valence-corrected chi connectivity index (χ2v) is 8.93. The van der Waals surface area contributed by atoms with E-state index in [1.807, 2.05) is 0 Å². The van der Waals surface area contributed by atoms with Gasteiger partial charge in [-0.25, -0.2) is 15.0 Å². The first-order valence-electron chi connectivity index (χ1n) is 11.5. The van der Waals surface area contributed by atoms with Crippen molar-refractivity contribution in [3.63, 3.8) is 0 Å². The largest absolute Gasteiger partial charge is 0.497 e. The summed E-state index contributed by atoms with van der Waals surface area (Å²) in [6.45, 7) is 0.241. The molecule has 0 aliphatic carbocycles. The Morgan fingerprint density at radius 3 is 2.64 bits per heavy atom. The topological polar surface area (TPSA) is 128 Å². The minimum Gasteiger partial charge on any atom is -0.497 e. The second kappa shape index (κ2) is 11.7. The van der Waals surface area contributed by atoms with Crippen molar-refractivity contribution in [1.29, 1.82) is 0 Å². The molecule has 2 N–H and O–H groups in total. The third-order valence-electron chi connectivity index (χ3n) is 5.89. The van der Waals surface area contributed by atoms with Gasteiger partial charge in [0.1, 0.15) is 17.5 Å². The average molecular weight is 563 g/mol. The molecule has 0 bridgehead atoms. The second-order valence-electron chi connectivity index (χ2n) is 8.52. The summed E-state index contributed by atoms with van der Waals surface area (Å²) < 4.78 is 50.8. The molecule has 2 amide bonds. The molecule has 3 heterocycles. The molecule has 1 fully saturated rings. The predicted octanol–water partition coefficient (Wildman–Crippen LogP) is 4.23. The lowest BCUT2D eigenvalue weighted by Crippen LogP contribution is -2.42. The first-order valence-corrected chi connectivity index (χ1v) is 11.9. The number of aliphatic imine (C=N–C) groups is 1. The van der Waals surface area contributed by atoms with Crippen LogP contribution in [0.4, 0.5) is 24.5 Å². The first kappa shape index (κ1) is 27.9. The van der Waals surface area contributed by atoms with Gasteiger partial charge in [-0.2, -0.15) is 13.2 Å². The maximum absolute atomic E-state index is 13.5. The molecule has 39 heavy (non-hydrogen) atoms. The quantitative estimate of drug-likeness (QED) is 0.390. The number of rotatable bonds is 8. The number of nitrogens with one attached hydrogen (secondary N) is 2. The van der Waals surface area contributed by atoms with Crippen LogP contribution in [0.3, 0.4) is 0 Å². The third kappa shape index (κ3) is 6.67. The summed E-state index contributed by atoms with van der Waals surface area (Å²) in [5.74, 6) is -0.994. The molecule has 1 aliphatic rings. The molecular formula is C25H22ClF3N6O4. The molecule has 14 heteroatoms. The minimum absolute atomic E-state index is 0.0221. The number of anilines is 2. The zero-order chi connectivity index (χ0) is 28.0. The summed E-state index contributed by atoms with van der Waals surface area (Å²) in [5.41, 5.74) is -1.64. The molecule has 1 aliphatic heterocycles. The van der Waals surface area contributed by atoms with Crippen LogP contribution in [0.1, 0.15) is 28.0 Å². The normalized spacial score (nSPS) is 17.3. The minimum atomic E-state index is -4.62. The van der Waals surface area contributed by atoms with Crippen LogP contribution in [-0.4, -0.2) is 53.3 Å². The standard InChI is InChI=1S/C25H22ClF3N6O4/c1-38-17-2-3-20(18(7-17)25(27,28)29)35-16-6-19(26)21(32-10-16)11-33-23(37)24(4-5-39-13-24)12-34-22(36)15-8-30-14-31-9-15/h2-3,6-10,12,14,35H,4-5,11,13H2,1H3,(H,33,37)/t24-/m0/s1. The lowest BCUT2D eigenvalue weighted by Gasteiger charge is -2.21. The highest BCUT2D eigenvalue weighted by atomic mass is 35.5. The fourth-order valence-corrected chi connectivity index (χ4v) is 3.97. The van der Waals surface area contributed by atoms with Crippen molar-refractivity contribution < 1.29 is 32.2 Å². The van der Waals surface area contributed by atoms with Crippen molar-refractivity contribution in [2.45, 2.75) is 19.1 Å². The molecule has 2 aromatic heterocycles. The third-order valence-corrected chi connectivity index (χ3v) is 6.21. The Labute approximate surface area is 225 Å². The number of hydrogen-bond donors (Lipinski definition) is 2. The summed E-state index contributed by atoms with van der Waals surface area (Å²) in [4.78, 5) is 41.0. The summed E-state index contributed by atoms with van der Waals surface area (Å²) in [5, 5.41) is 5.51. The van der Waals surface area contributed by atoms with Crippen LogP contribution in [0.2, 0.25) is 5.02 Å². The van der Waals surface area contributed by atoms with E-state index in [4.69, 9.17) is 21.1 Å². The molecule has 0 spiro atoms. The molecule has 10 nitrogen and oxygen atoms in total. The van der Waals surface area contributed by atoms with E-state index in [-0.39, 0.29) is 46.6 Å². The highest BCUT2D eigenvalue weighted by Gasteiger charge is 2.41. The summed E-state index contributed by atoms with van der Waals surface area (Å²) >= 11 is 6.32. The van der Waals surface area contributed by atoms with Gasteiger partial charge < -0.3 is 20.1 Å². The van der Waals surface area contributed by atoms with Crippen LogP contribution in [0.15, 0.2) is 54.2 Å². The van der Waals surface area contributed by atoms with Crippen molar-refractivity contribution in [2.24, 2.45) is 10.4 Å². The maximum Gasteiger partial charge on any atom is 0.418 e. The number of aromatic nitrogens is 3. The van der Waals surface area contributed by atoms with Crippen LogP contribution in [0.5, 0.6) is 5.75 Å². The Kier molecular flexibility index (Phi) is 8.41. The van der Waals surface area contributed by atoms with Crippen molar-refractivity contribution in [1.82, 2.24) is 20.3 Å². The van der Waals surface area contributed by atoms with E-state index in [9.17, 15) is 22.8 Å². The van der Waals surface area contributed by atoms with Gasteiger partial charge >= 0.3 is 6.18 Å². The van der Waals surface area contributed by atoms with Crippen LogP contribution in [0, 0.1) is 5.41 Å². The molecule has 1 atom stereocenters. The highest BCUT2D eigenvalue weighted by Crippen LogP contribution is 2.38. The summed E-state index contributed by atoms with van der Waals surface area (Å²) in [7, 11) is 1.28. The fraction of sp³-hybridized carbons (Fsp3) is 0.280. The van der Waals surface area contributed by atoms with Gasteiger partial charge in [0.25, 0.3) is 5.91 Å². The van der Waals surface area contributed by atoms with Crippen LogP contribution < -0.4 is 15.4 Å². The lowest BCUT2D eigenvalue weighted by atomic mass is 9.87. The van der Waals surface area contributed by atoms with E-state index in [2.05, 4.69) is 30.6 Å². The van der Waals surface area contributed by atoms with Gasteiger partial charge in [-0.15, -0.1) is 0 Å². The zero-order valence-electron chi connectivity index (χ0n) is 20.5. The molecule has 1 aromatic carbocycles. The van der Waals surface area contributed by atoms with Crippen LogP contribution in [-0.2, 0) is 22.3 Å². The zero-order valence-corrected chi connectivity index (χ0v) is 21.2. The molecule has 1 saturated heterocycles. The van der Waals surface area contributed by atoms with E-state index >= 15 is 0 Å². The molecular weight excluding hydrogens is 541 g/mol. The van der Waals surface area contributed by atoms with E-state index in [0.717, 1.165) is 6.07 Å². The van der Waals surface area contributed by atoms with E-state index in [0.29, 0.717) is 13.0 Å². The van der Waals surface area contributed by atoms with Crippen LogP contribution in [0.25, 0.3) is 0 Å². The molecule has 4 rings (SSSR count). The Morgan fingerprint density at radius 2 is 2.00 bits per heavy atom. The van der Waals surface area contributed by atoms with E-state index < -0.39 is 29.0 Å². The Morgan fingerprint density at radius 1 is 1.23 bits per heavy atom. The molecule has 0 radical (unpaired) electrons. The number of nitrogens with zero attached hydrogens (tertiary/aromatic N) is 4. The Balaban J connectivity index is 1.44. The Bertz CT molecular complexity index is 1380. The van der Waals surface area contributed by atoms with Gasteiger partial charge in [-0.1, -0.05) is 11.6 Å². The van der Waals surface area contributed by atoms with E-state index in [1.54, 1.807) is 0 Å². The smallest absolute Gasteiger partial charge is 0.418 e. The first-order chi connectivity index (χ1) is 18.6. The van der Waals surface area contributed by atoms with Gasteiger partial charge in [0.05, 0.1) is 59.7 Å². The number of benzene rings is 1. The Hall–Kier alpha value is -4.10. The number of alkyl halides is 3. The summed E-state index contributed by atoms with van der Waals surface area (Å²) in [6, 6.07) is 4.92.